The molecule has 0 fully saturated rings. The van der Waals surface area contributed by atoms with E-state index in [9.17, 15) is 0 Å². The van der Waals surface area contributed by atoms with E-state index in [0.29, 0.717) is 11.3 Å². The smallest absolute Gasteiger partial charge is 0.101 e. The van der Waals surface area contributed by atoms with Crippen LogP contribution in [0.4, 0.5) is 11.4 Å². The maximum absolute atomic E-state index is 9.06. The zero-order valence-corrected chi connectivity index (χ0v) is 10.8. The summed E-state index contributed by atoms with van der Waals surface area (Å²) in [6.45, 7) is 1.97. The zero-order valence-electron chi connectivity index (χ0n) is 10.8. The molecule has 1 aromatic rings. The number of nitrogen functional groups attached to an aromatic ring is 1. The van der Waals surface area contributed by atoms with E-state index < -0.39 is 0 Å². The third kappa shape index (κ3) is 3.97. The highest BCUT2D eigenvalue weighted by Gasteiger charge is 2.07. The number of nitriles is 1. The number of rotatable bonds is 5. The summed E-state index contributed by atoms with van der Waals surface area (Å²) in [7, 11) is 6.12. The minimum atomic E-state index is 0.631. The Hall–Kier alpha value is -1.73. The number of nitrogens with two attached hydrogens (primary N) is 1. The molecule has 1 rings (SSSR count). The Morgan fingerprint density at radius 2 is 1.94 bits per heavy atom. The number of nitrogens with zero attached hydrogens (tertiary/aromatic N) is 3. The largest absolute Gasteiger partial charge is 0.399 e. The highest BCUT2D eigenvalue weighted by molar-refractivity contribution is 5.63. The quantitative estimate of drug-likeness (QED) is 0.782. The third-order valence-electron chi connectivity index (χ3n) is 2.65. The topological polar surface area (TPSA) is 56.3 Å². The van der Waals surface area contributed by atoms with E-state index in [0.717, 1.165) is 25.2 Å². The maximum atomic E-state index is 9.06. The Morgan fingerprint density at radius 3 is 2.53 bits per heavy atom. The molecule has 0 aliphatic carbocycles. The fourth-order valence-electron chi connectivity index (χ4n) is 1.72. The minimum Gasteiger partial charge on any atom is -0.399 e. The van der Waals surface area contributed by atoms with Gasteiger partial charge >= 0.3 is 0 Å². The molecule has 1 aromatic carbocycles. The van der Waals surface area contributed by atoms with Crippen molar-refractivity contribution >= 4 is 11.4 Å². The van der Waals surface area contributed by atoms with E-state index >= 15 is 0 Å². The monoisotopic (exact) mass is 232 g/mol. The molecule has 4 nitrogen and oxygen atoms in total. The van der Waals surface area contributed by atoms with E-state index in [1.165, 1.54) is 0 Å². The second-order valence-corrected chi connectivity index (χ2v) is 4.47. The molecule has 0 unspecified atom stereocenters. The summed E-state index contributed by atoms with van der Waals surface area (Å²) in [5.41, 5.74) is 7.88. The molecule has 0 atom stereocenters. The maximum Gasteiger partial charge on any atom is 0.101 e. The van der Waals surface area contributed by atoms with E-state index in [1.54, 1.807) is 6.07 Å². The molecule has 0 aromatic heterocycles. The van der Waals surface area contributed by atoms with Gasteiger partial charge in [-0.15, -0.1) is 0 Å². The molecule has 0 saturated heterocycles. The summed E-state index contributed by atoms with van der Waals surface area (Å²) in [5.74, 6) is 0. The predicted molar refractivity (Wildman–Crippen MR) is 72.0 cm³/mol. The van der Waals surface area contributed by atoms with Crippen molar-refractivity contribution in [1.29, 1.82) is 5.26 Å². The third-order valence-corrected chi connectivity index (χ3v) is 2.65. The molecule has 0 amide bonds. The first-order chi connectivity index (χ1) is 8.04. The highest BCUT2D eigenvalue weighted by atomic mass is 15.1. The Balaban J connectivity index is 2.69. The van der Waals surface area contributed by atoms with Gasteiger partial charge in [-0.3, -0.25) is 0 Å². The molecule has 0 aliphatic rings. The molecule has 92 valence electrons. The Labute approximate surface area is 103 Å². The van der Waals surface area contributed by atoms with Crippen molar-refractivity contribution in [3.05, 3.63) is 23.8 Å². The molecule has 0 heterocycles. The van der Waals surface area contributed by atoms with Gasteiger partial charge in [0.2, 0.25) is 0 Å². The second kappa shape index (κ2) is 6.12. The summed E-state index contributed by atoms with van der Waals surface area (Å²) < 4.78 is 0. The van der Waals surface area contributed by atoms with Gasteiger partial charge in [0.25, 0.3) is 0 Å². The van der Waals surface area contributed by atoms with Crippen LogP contribution in [0.25, 0.3) is 0 Å². The molecule has 0 saturated carbocycles. The van der Waals surface area contributed by atoms with E-state index in [4.69, 9.17) is 11.0 Å². The van der Waals surface area contributed by atoms with Gasteiger partial charge in [0.1, 0.15) is 6.07 Å². The van der Waals surface area contributed by atoms with Crippen molar-refractivity contribution in [1.82, 2.24) is 4.90 Å². The van der Waals surface area contributed by atoms with E-state index in [2.05, 4.69) is 30.0 Å². The van der Waals surface area contributed by atoms with Crippen LogP contribution in [-0.2, 0) is 0 Å². The van der Waals surface area contributed by atoms with Crippen LogP contribution in [0.1, 0.15) is 12.0 Å². The van der Waals surface area contributed by atoms with Crippen LogP contribution in [-0.4, -0.2) is 39.1 Å². The van der Waals surface area contributed by atoms with E-state index in [1.807, 2.05) is 19.2 Å². The molecule has 4 heteroatoms. The summed E-state index contributed by atoms with van der Waals surface area (Å²) >= 11 is 0. The molecule has 0 bridgehead atoms. The van der Waals surface area contributed by atoms with Gasteiger partial charge in [-0.05, 0) is 45.3 Å². The molecule has 17 heavy (non-hydrogen) atoms. The number of benzene rings is 1. The SMILES string of the molecule is CN(C)CCCN(C)c1ccc(N)cc1C#N. The van der Waals surface area contributed by atoms with Crippen molar-refractivity contribution in [2.24, 2.45) is 0 Å². The molecule has 0 radical (unpaired) electrons. The molecule has 2 N–H and O–H groups in total. The molecular formula is C13H20N4. The van der Waals surface area contributed by atoms with Crippen molar-refractivity contribution in [2.75, 3.05) is 44.9 Å². The number of hydrogen-bond acceptors (Lipinski definition) is 4. The zero-order chi connectivity index (χ0) is 12.8. The van der Waals surface area contributed by atoms with Gasteiger partial charge in [-0.25, -0.2) is 0 Å². The molecule has 0 spiro atoms. The second-order valence-electron chi connectivity index (χ2n) is 4.47. The summed E-state index contributed by atoms with van der Waals surface area (Å²) in [6.07, 6.45) is 1.07. The van der Waals surface area contributed by atoms with Crippen LogP contribution in [0.2, 0.25) is 0 Å². The van der Waals surface area contributed by atoms with Gasteiger partial charge < -0.3 is 15.5 Å². The summed E-state index contributed by atoms with van der Waals surface area (Å²) in [6, 6.07) is 7.64. The van der Waals surface area contributed by atoms with E-state index in [-0.39, 0.29) is 0 Å². The molecule has 0 aliphatic heterocycles. The van der Waals surface area contributed by atoms with Gasteiger partial charge in [0.05, 0.1) is 11.3 Å². The summed E-state index contributed by atoms with van der Waals surface area (Å²) in [5, 5.41) is 9.06. The van der Waals surface area contributed by atoms with Gasteiger partial charge in [-0.2, -0.15) is 5.26 Å². The molecular weight excluding hydrogens is 212 g/mol. The van der Waals surface area contributed by atoms with Gasteiger partial charge in [-0.1, -0.05) is 0 Å². The highest BCUT2D eigenvalue weighted by Crippen LogP contribution is 2.21. The predicted octanol–water partition coefficient (Wildman–Crippen LogP) is 1.53. The Bertz CT molecular complexity index is 406. The van der Waals surface area contributed by atoms with Gasteiger partial charge in [0.15, 0.2) is 0 Å². The first kappa shape index (κ1) is 13.3. The lowest BCUT2D eigenvalue weighted by Crippen LogP contribution is -2.23. The van der Waals surface area contributed by atoms with Crippen molar-refractivity contribution in [3.8, 4) is 6.07 Å². The fourth-order valence-corrected chi connectivity index (χ4v) is 1.72. The fraction of sp³-hybridized carbons (Fsp3) is 0.462. The number of hydrogen-bond donors (Lipinski definition) is 1. The first-order valence-electron chi connectivity index (χ1n) is 5.70. The lowest BCUT2D eigenvalue weighted by atomic mass is 10.1. The minimum absolute atomic E-state index is 0.631. The van der Waals surface area contributed by atoms with Crippen LogP contribution in [0.15, 0.2) is 18.2 Å². The van der Waals surface area contributed by atoms with Crippen LogP contribution >= 0.6 is 0 Å². The normalized spacial score (nSPS) is 10.3. The lowest BCUT2D eigenvalue weighted by Gasteiger charge is -2.21. The van der Waals surface area contributed by atoms with Crippen LogP contribution < -0.4 is 10.6 Å². The average Bonchev–Trinajstić information content (AvgIpc) is 2.28. The Morgan fingerprint density at radius 1 is 1.24 bits per heavy atom. The van der Waals surface area contributed by atoms with Gasteiger partial charge in [0, 0.05) is 19.3 Å². The lowest BCUT2D eigenvalue weighted by molar-refractivity contribution is 0.401. The van der Waals surface area contributed by atoms with Crippen molar-refractivity contribution < 1.29 is 0 Å². The van der Waals surface area contributed by atoms with Crippen LogP contribution in [0.5, 0.6) is 0 Å². The van der Waals surface area contributed by atoms with Crippen LogP contribution in [0, 0.1) is 11.3 Å². The number of anilines is 2. The van der Waals surface area contributed by atoms with Crippen molar-refractivity contribution in [3.63, 3.8) is 0 Å². The summed E-state index contributed by atoms with van der Waals surface area (Å²) in [4.78, 5) is 4.25. The Kier molecular flexibility index (Phi) is 4.80. The first-order valence-corrected chi connectivity index (χ1v) is 5.70. The average molecular weight is 232 g/mol. The standard InChI is InChI=1S/C13H20N4/c1-16(2)7-4-8-17(3)13-6-5-12(15)9-11(13)10-14/h5-6,9H,4,7-8,15H2,1-3H3. The van der Waals surface area contributed by atoms with Crippen LogP contribution in [0.3, 0.4) is 0 Å². The van der Waals surface area contributed by atoms with Crippen molar-refractivity contribution in [2.45, 2.75) is 6.42 Å².